The third-order valence-corrected chi connectivity index (χ3v) is 4.32. The molecule has 1 aromatic rings. The van der Waals surface area contributed by atoms with Crippen LogP contribution in [0.15, 0.2) is 23.8 Å². The summed E-state index contributed by atoms with van der Waals surface area (Å²) in [5.41, 5.74) is 6.81. The van der Waals surface area contributed by atoms with Gasteiger partial charge in [0.15, 0.2) is 11.5 Å². The van der Waals surface area contributed by atoms with Crippen LogP contribution in [0.3, 0.4) is 0 Å². The molecule has 2 rings (SSSR count). The first-order valence-electron chi connectivity index (χ1n) is 7.44. The summed E-state index contributed by atoms with van der Waals surface area (Å²) in [5, 5.41) is 3.03. The molecule has 3 N–H and O–H groups in total. The van der Waals surface area contributed by atoms with Crippen molar-refractivity contribution in [3.8, 4) is 11.5 Å². The van der Waals surface area contributed by atoms with Gasteiger partial charge in [0.1, 0.15) is 6.61 Å². The highest BCUT2D eigenvalue weighted by atomic mass is 16.5. The predicted octanol–water partition coefficient (Wildman–Crippen LogP) is 1.96. The van der Waals surface area contributed by atoms with E-state index in [4.69, 9.17) is 15.2 Å². The molecule has 0 aromatic heterocycles. The second-order valence-corrected chi connectivity index (χ2v) is 6.07. The number of ether oxygens (including phenoxy) is 2. The number of hydrogen-bond donors (Lipinski definition) is 2. The highest BCUT2D eigenvalue weighted by Crippen LogP contribution is 2.35. The van der Waals surface area contributed by atoms with Gasteiger partial charge in [0.05, 0.1) is 18.2 Å². The highest BCUT2D eigenvalue weighted by molar-refractivity contribution is 5.99. The molecule has 0 saturated heterocycles. The van der Waals surface area contributed by atoms with Gasteiger partial charge in [0.25, 0.3) is 5.91 Å². The third-order valence-electron chi connectivity index (χ3n) is 4.32. The molecule has 1 unspecified atom stereocenters. The summed E-state index contributed by atoms with van der Waals surface area (Å²) in [7, 11) is 1.60. The second-order valence-electron chi connectivity index (χ2n) is 6.07. The van der Waals surface area contributed by atoms with Crippen LogP contribution >= 0.6 is 0 Å². The Bertz CT molecular complexity index is 596. The molecule has 1 aliphatic rings. The Hall–Kier alpha value is -2.01. The lowest BCUT2D eigenvalue weighted by molar-refractivity contribution is -0.119. The fraction of sp³-hybridized carbons (Fsp3) is 0.471. The monoisotopic (exact) mass is 304 g/mol. The van der Waals surface area contributed by atoms with Gasteiger partial charge in [-0.2, -0.15) is 0 Å². The zero-order valence-electron chi connectivity index (χ0n) is 13.6. The van der Waals surface area contributed by atoms with Crippen LogP contribution in [0, 0.1) is 5.92 Å². The summed E-state index contributed by atoms with van der Waals surface area (Å²) in [5.74, 6) is 1.43. The number of carbonyl (C=O) groups is 1. The first-order chi connectivity index (χ1) is 10.4. The van der Waals surface area contributed by atoms with E-state index >= 15 is 0 Å². The largest absolute Gasteiger partial charge is 0.493 e. The minimum Gasteiger partial charge on any atom is -0.493 e. The van der Waals surface area contributed by atoms with Gasteiger partial charge in [0, 0.05) is 12.1 Å². The SMILES string of the molecule is COc1cccc2c1OCC(C(=O)NC(C)(CN)C(C)C)=C2. The summed E-state index contributed by atoms with van der Waals surface area (Å²) in [6.07, 6.45) is 1.84. The topological polar surface area (TPSA) is 73.6 Å². The number of carbonyl (C=O) groups excluding carboxylic acids is 1. The van der Waals surface area contributed by atoms with Crippen molar-refractivity contribution in [1.29, 1.82) is 0 Å². The molecule has 0 aliphatic carbocycles. The van der Waals surface area contributed by atoms with Crippen LogP contribution in [0.5, 0.6) is 11.5 Å². The Morgan fingerprint density at radius 3 is 2.82 bits per heavy atom. The highest BCUT2D eigenvalue weighted by Gasteiger charge is 2.30. The van der Waals surface area contributed by atoms with Crippen LogP contribution in [0.2, 0.25) is 0 Å². The van der Waals surface area contributed by atoms with Gasteiger partial charge in [-0.3, -0.25) is 4.79 Å². The Labute approximate surface area is 131 Å². The van der Waals surface area contributed by atoms with E-state index in [1.807, 2.05) is 45.0 Å². The summed E-state index contributed by atoms with van der Waals surface area (Å²) >= 11 is 0. The molecular formula is C17H24N2O3. The van der Waals surface area contributed by atoms with Crippen molar-refractivity contribution in [3.63, 3.8) is 0 Å². The van der Waals surface area contributed by atoms with Crippen LogP contribution in [-0.4, -0.2) is 31.7 Å². The maximum absolute atomic E-state index is 12.5. The molecule has 1 atom stereocenters. The fourth-order valence-electron chi connectivity index (χ4n) is 2.24. The molecule has 0 spiro atoms. The number of rotatable bonds is 5. The lowest BCUT2D eigenvalue weighted by atomic mass is 9.88. The first kappa shape index (κ1) is 16.4. The first-order valence-corrected chi connectivity index (χ1v) is 7.44. The Balaban J connectivity index is 2.23. The zero-order valence-corrected chi connectivity index (χ0v) is 13.6. The maximum Gasteiger partial charge on any atom is 0.251 e. The van der Waals surface area contributed by atoms with Crippen molar-refractivity contribution in [1.82, 2.24) is 5.32 Å². The van der Waals surface area contributed by atoms with E-state index in [9.17, 15) is 4.79 Å². The molecule has 22 heavy (non-hydrogen) atoms. The number of fused-ring (bicyclic) bond motifs is 1. The van der Waals surface area contributed by atoms with E-state index < -0.39 is 5.54 Å². The molecule has 1 amide bonds. The van der Waals surface area contributed by atoms with Gasteiger partial charge < -0.3 is 20.5 Å². The Morgan fingerprint density at radius 2 is 2.23 bits per heavy atom. The Morgan fingerprint density at radius 1 is 1.50 bits per heavy atom. The van der Waals surface area contributed by atoms with Crippen molar-refractivity contribution in [2.24, 2.45) is 11.7 Å². The van der Waals surface area contributed by atoms with Gasteiger partial charge in [-0.05, 0) is 25.0 Å². The van der Waals surface area contributed by atoms with Crippen molar-refractivity contribution in [3.05, 3.63) is 29.3 Å². The molecular weight excluding hydrogens is 280 g/mol. The normalized spacial score (nSPS) is 16.2. The van der Waals surface area contributed by atoms with E-state index in [1.165, 1.54) is 0 Å². The molecule has 0 radical (unpaired) electrons. The van der Waals surface area contributed by atoms with Crippen LogP contribution in [0.25, 0.3) is 6.08 Å². The van der Waals surface area contributed by atoms with E-state index in [-0.39, 0.29) is 18.4 Å². The standard InChI is InChI=1S/C17H24N2O3/c1-11(2)17(3,10-18)19-16(20)13-8-12-6-5-7-14(21-4)15(12)22-9-13/h5-8,11H,9-10,18H2,1-4H3,(H,19,20). The predicted molar refractivity (Wildman–Crippen MR) is 86.9 cm³/mol. The lowest BCUT2D eigenvalue weighted by Crippen LogP contribution is -2.55. The van der Waals surface area contributed by atoms with E-state index in [1.54, 1.807) is 7.11 Å². The van der Waals surface area contributed by atoms with Crippen molar-refractivity contribution in [2.45, 2.75) is 26.3 Å². The number of methoxy groups -OCH3 is 1. The maximum atomic E-state index is 12.5. The molecule has 1 aliphatic heterocycles. The van der Waals surface area contributed by atoms with Crippen LogP contribution in [0.1, 0.15) is 26.3 Å². The average Bonchev–Trinajstić information content (AvgIpc) is 2.53. The minimum absolute atomic E-state index is 0.143. The molecule has 5 nitrogen and oxygen atoms in total. The van der Waals surface area contributed by atoms with E-state index in [2.05, 4.69) is 5.32 Å². The van der Waals surface area contributed by atoms with E-state index in [0.29, 0.717) is 23.6 Å². The molecule has 1 aromatic carbocycles. The van der Waals surface area contributed by atoms with Gasteiger partial charge in [-0.15, -0.1) is 0 Å². The molecule has 0 bridgehead atoms. The third kappa shape index (κ3) is 3.09. The molecule has 120 valence electrons. The Kier molecular flexibility index (Phi) is 4.76. The minimum atomic E-state index is -0.438. The molecule has 0 saturated carbocycles. The zero-order chi connectivity index (χ0) is 16.3. The van der Waals surface area contributed by atoms with Crippen LogP contribution < -0.4 is 20.5 Å². The number of para-hydroxylation sites is 1. The summed E-state index contributed by atoms with van der Waals surface area (Å²) < 4.78 is 11.0. The lowest BCUT2D eigenvalue weighted by Gasteiger charge is -2.34. The number of hydrogen-bond acceptors (Lipinski definition) is 4. The van der Waals surface area contributed by atoms with Crippen molar-refractivity contribution < 1.29 is 14.3 Å². The van der Waals surface area contributed by atoms with Crippen molar-refractivity contribution in [2.75, 3.05) is 20.3 Å². The molecule has 5 heteroatoms. The number of nitrogens with two attached hydrogens (primary N) is 1. The van der Waals surface area contributed by atoms with Gasteiger partial charge in [-0.25, -0.2) is 0 Å². The smallest absolute Gasteiger partial charge is 0.251 e. The van der Waals surface area contributed by atoms with Gasteiger partial charge in [0.2, 0.25) is 0 Å². The summed E-state index contributed by atoms with van der Waals surface area (Å²) in [4.78, 5) is 12.5. The number of benzene rings is 1. The molecule has 0 fully saturated rings. The average molecular weight is 304 g/mol. The summed E-state index contributed by atoms with van der Waals surface area (Å²) in [6.45, 7) is 6.64. The van der Waals surface area contributed by atoms with E-state index in [0.717, 1.165) is 5.56 Å². The van der Waals surface area contributed by atoms with Gasteiger partial charge in [-0.1, -0.05) is 26.0 Å². The summed E-state index contributed by atoms with van der Waals surface area (Å²) in [6, 6.07) is 5.60. The van der Waals surface area contributed by atoms with Gasteiger partial charge >= 0.3 is 0 Å². The second kappa shape index (κ2) is 6.40. The van der Waals surface area contributed by atoms with Crippen molar-refractivity contribution >= 4 is 12.0 Å². The van der Waals surface area contributed by atoms with Crippen LogP contribution in [-0.2, 0) is 4.79 Å². The van der Waals surface area contributed by atoms with Crippen LogP contribution in [0.4, 0.5) is 0 Å². The quantitative estimate of drug-likeness (QED) is 0.872. The fourth-order valence-corrected chi connectivity index (χ4v) is 2.24. The number of nitrogens with one attached hydrogen (secondary N) is 1. The number of amides is 1. The molecule has 1 heterocycles.